The first-order chi connectivity index (χ1) is 8.34. The average molecular weight is 240 g/mol. The van der Waals surface area contributed by atoms with Gasteiger partial charge in [-0.05, 0) is 32.7 Å². The summed E-state index contributed by atoms with van der Waals surface area (Å²) in [6.07, 6.45) is 8.56. The van der Waals surface area contributed by atoms with Crippen LogP contribution in [0.5, 0.6) is 0 Å². The molecular formula is C14H28N2O. The summed E-state index contributed by atoms with van der Waals surface area (Å²) < 4.78 is 5.99. The van der Waals surface area contributed by atoms with Crippen LogP contribution in [0.1, 0.15) is 45.4 Å². The molecule has 3 heteroatoms. The second kappa shape index (κ2) is 7.34. The van der Waals surface area contributed by atoms with E-state index in [2.05, 4.69) is 17.1 Å². The Balaban J connectivity index is 1.57. The zero-order valence-corrected chi connectivity index (χ0v) is 11.3. The van der Waals surface area contributed by atoms with Gasteiger partial charge in [-0.2, -0.15) is 0 Å². The van der Waals surface area contributed by atoms with E-state index >= 15 is 0 Å². The van der Waals surface area contributed by atoms with Crippen LogP contribution in [0.25, 0.3) is 0 Å². The second-order valence-corrected chi connectivity index (χ2v) is 5.62. The summed E-state index contributed by atoms with van der Waals surface area (Å²) in [6.45, 7) is 7.86. The third-order valence-electron chi connectivity index (χ3n) is 4.11. The first-order valence-electron chi connectivity index (χ1n) is 7.42. The molecule has 0 bridgehead atoms. The zero-order chi connectivity index (χ0) is 11.9. The average Bonchev–Trinajstić information content (AvgIpc) is 2.56. The lowest BCUT2D eigenvalue weighted by molar-refractivity contribution is 0.0169. The summed E-state index contributed by atoms with van der Waals surface area (Å²) in [7, 11) is 0. The minimum atomic E-state index is 0.563. The molecule has 0 amide bonds. The van der Waals surface area contributed by atoms with Crippen molar-refractivity contribution in [1.29, 1.82) is 0 Å². The number of nitrogens with zero attached hydrogens (tertiary/aromatic N) is 1. The van der Waals surface area contributed by atoms with E-state index < -0.39 is 0 Å². The maximum Gasteiger partial charge on any atom is 0.0597 e. The maximum atomic E-state index is 5.99. The van der Waals surface area contributed by atoms with Gasteiger partial charge in [0, 0.05) is 25.7 Å². The van der Waals surface area contributed by atoms with E-state index in [1.807, 2.05) is 0 Å². The normalized spacial score (nSPS) is 29.1. The Bertz CT molecular complexity index is 204. The number of rotatable bonds is 4. The number of nitrogens with one attached hydrogen (secondary N) is 1. The molecule has 17 heavy (non-hydrogen) atoms. The highest BCUT2D eigenvalue weighted by atomic mass is 16.5. The summed E-state index contributed by atoms with van der Waals surface area (Å²) in [5, 5.41) is 3.53. The molecule has 100 valence electrons. The number of hydrogen-bond acceptors (Lipinski definition) is 3. The second-order valence-electron chi connectivity index (χ2n) is 5.62. The standard InChI is InChI=1S/C14H28N2O/c1-13-7-9-16(10-8-15-13)11-12-17-14-5-3-2-4-6-14/h13-15H,2-12H2,1H3. The van der Waals surface area contributed by atoms with Crippen LogP contribution in [0.2, 0.25) is 0 Å². The molecule has 1 saturated carbocycles. The van der Waals surface area contributed by atoms with Crippen molar-refractivity contribution in [2.24, 2.45) is 0 Å². The molecule has 0 aromatic carbocycles. The topological polar surface area (TPSA) is 24.5 Å². The third-order valence-corrected chi connectivity index (χ3v) is 4.11. The molecule has 2 aliphatic rings. The highest BCUT2D eigenvalue weighted by Crippen LogP contribution is 2.20. The molecule has 1 N–H and O–H groups in total. The lowest BCUT2D eigenvalue weighted by atomic mass is 9.98. The molecule has 1 atom stereocenters. The predicted octanol–water partition coefficient (Wildman–Crippen LogP) is 2.02. The van der Waals surface area contributed by atoms with Gasteiger partial charge in [0.2, 0.25) is 0 Å². The molecule has 0 aromatic heterocycles. The van der Waals surface area contributed by atoms with Crippen molar-refractivity contribution in [3.8, 4) is 0 Å². The van der Waals surface area contributed by atoms with Crippen LogP contribution in [0.15, 0.2) is 0 Å². The molecule has 0 radical (unpaired) electrons. The summed E-state index contributed by atoms with van der Waals surface area (Å²) in [6, 6.07) is 0.680. The lowest BCUT2D eigenvalue weighted by Gasteiger charge is -2.24. The molecule has 2 fully saturated rings. The van der Waals surface area contributed by atoms with Crippen molar-refractivity contribution < 1.29 is 4.74 Å². The molecule has 0 spiro atoms. The monoisotopic (exact) mass is 240 g/mol. The Morgan fingerprint density at radius 3 is 2.76 bits per heavy atom. The summed E-state index contributed by atoms with van der Waals surface area (Å²) >= 11 is 0. The molecule has 1 aliphatic heterocycles. The Morgan fingerprint density at radius 2 is 1.94 bits per heavy atom. The van der Waals surface area contributed by atoms with Gasteiger partial charge in [0.15, 0.2) is 0 Å². The minimum Gasteiger partial charge on any atom is -0.377 e. The SMILES string of the molecule is CC1CCN(CCOC2CCCCC2)CCN1. The molecule has 1 aliphatic carbocycles. The highest BCUT2D eigenvalue weighted by Gasteiger charge is 2.15. The largest absolute Gasteiger partial charge is 0.377 e. The molecular weight excluding hydrogens is 212 g/mol. The fourth-order valence-electron chi connectivity index (χ4n) is 2.86. The van der Waals surface area contributed by atoms with Gasteiger partial charge in [-0.3, -0.25) is 4.90 Å². The van der Waals surface area contributed by atoms with E-state index in [1.54, 1.807) is 0 Å². The summed E-state index contributed by atoms with van der Waals surface area (Å²) in [5.41, 5.74) is 0. The van der Waals surface area contributed by atoms with Crippen LogP contribution < -0.4 is 5.32 Å². The van der Waals surface area contributed by atoms with E-state index in [9.17, 15) is 0 Å². The van der Waals surface area contributed by atoms with Gasteiger partial charge in [-0.15, -0.1) is 0 Å². The molecule has 0 aromatic rings. The van der Waals surface area contributed by atoms with Gasteiger partial charge >= 0.3 is 0 Å². The Labute approximate surface area is 106 Å². The first-order valence-corrected chi connectivity index (χ1v) is 7.42. The van der Waals surface area contributed by atoms with Gasteiger partial charge in [0.1, 0.15) is 0 Å². The van der Waals surface area contributed by atoms with E-state index in [0.717, 1.165) is 19.7 Å². The van der Waals surface area contributed by atoms with Crippen molar-refractivity contribution in [2.45, 2.75) is 57.6 Å². The van der Waals surface area contributed by atoms with Crippen LogP contribution in [0.3, 0.4) is 0 Å². The lowest BCUT2D eigenvalue weighted by Crippen LogP contribution is -2.32. The van der Waals surface area contributed by atoms with E-state index in [1.165, 1.54) is 51.6 Å². The highest BCUT2D eigenvalue weighted by molar-refractivity contribution is 4.72. The number of hydrogen-bond donors (Lipinski definition) is 1. The summed E-state index contributed by atoms with van der Waals surface area (Å²) in [5.74, 6) is 0. The van der Waals surface area contributed by atoms with Crippen LogP contribution in [-0.4, -0.2) is 49.8 Å². The zero-order valence-electron chi connectivity index (χ0n) is 11.3. The van der Waals surface area contributed by atoms with Crippen molar-refractivity contribution in [1.82, 2.24) is 10.2 Å². The van der Waals surface area contributed by atoms with Crippen molar-refractivity contribution in [3.63, 3.8) is 0 Å². The van der Waals surface area contributed by atoms with Crippen LogP contribution >= 0.6 is 0 Å². The summed E-state index contributed by atoms with van der Waals surface area (Å²) in [4.78, 5) is 2.54. The maximum absolute atomic E-state index is 5.99. The molecule has 3 nitrogen and oxygen atoms in total. The predicted molar refractivity (Wildman–Crippen MR) is 71.3 cm³/mol. The van der Waals surface area contributed by atoms with Gasteiger partial charge in [0.05, 0.1) is 12.7 Å². The molecule has 1 unspecified atom stereocenters. The van der Waals surface area contributed by atoms with Crippen molar-refractivity contribution in [3.05, 3.63) is 0 Å². The van der Waals surface area contributed by atoms with Crippen molar-refractivity contribution in [2.75, 3.05) is 32.8 Å². The third kappa shape index (κ3) is 4.94. The Kier molecular flexibility index (Phi) is 5.75. The fraction of sp³-hybridized carbons (Fsp3) is 1.00. The first kappa shape index (κ1) is 13.3. The van der Waals surface area contributed by atoms with Gasteiger partial charge in [-0.1, -0.05) is 19.3 Å². The van der Waals surface area contributed by atoms with Gasteiger partial charge in [0.25, 0.3) is 0 Å². The fourth-order valence-corrected chi connectivity index (χ4v) is 2.86. The minimum absolute atomic E-state index is 0.563. The van der Waals surface area contributed by atoms with Gasteiger partial charge in [-0.25, -0.2) is 0 Å². The smallest absolute Gasteiger partial charge is 0.0597 e. The Morgan fingerprint density at radius 1 is 1.12 bits per heavy atom. The van der Waals surface area contributed by atoms with E-state index in [-0.39, 0.29) is 0 Å². The van der Waals surface area contributed by atoms with E-state index in [4.69, 9.17) is 4.74 Å². The van der Waals surface area contributed by atoms with Crippen molar-refractivity contribution >= 4 is 0 Å². The van der Waals surface area contributed by atoms with Crippen LogP contribution in [0, 0.1) is 0 Å². The quantitative estimate of drug-likeness (QED) is 0.813. The van der Waals surface area contributed by atoms with E-state index in [0.29, 0.717) is 12.1 Å². The molecule has 1 saturated heterocycles. The molecule has 1 heterocycles. The molecule has 2 rings (SSSR count). The van der Waals surface area contributed by atoms with Gasteiger partial charge < -0.3 is 10.1 Å². The van der Waals surface area contributed by atoms with Crippen LogP contribution in [0.4, 0.5) is 0 Å². The Hall–Kier alpha value is -0.120. The van der Waals surface area contributed by atoms with Crippen LogP contribution in [-0.2, 0) is 4.74 Å². The number of ether oxygens (including phenoxy) is 1.